The van der Waals surface area contributed by atoms with Crippen molar-refractivity contribution in [3.8, 4) is 11.5 Å². The standard InChI is InChI=1S/C11H13F3O4S/c1-2-3-7-17-9-5-4-6-10(8-9)18-19(15,16)11(12,13)14/h4-6,8H,2-3,7H2,1H3. The van der Waals surface area contributed by atoms with E-state index in [1.54, 1.807) is 0 Å². The highest BCUT2D eigenvalue weighted by atomic mass is 32.2. The highest BCUT2D eigenvalue weighted by Gasteiger charge is 2.48. The maximum Gasteiger partial charge on any atom is 0.534 e. The molecule has 1 aromatic rings. The van der Waals surface area contributed by atoms with Gasteiger partial charge in [-0.1, -0.05) is 19.4 Å². The summed E-state index contributed by atoms with van der Waals surface area (Å²) in [5.41, 5.74) is -5.45. The van der Waals surface area contributed by atoms with E-state index in [-0.39, 0.29) is 5.75 Å². The molecule has 0 aromatic heterocycles. The molecule has 19 heavy (non-hydrogen) atoms. The summed E-state index contributed by atoms with van der Waals surface area (Å²) in [6.07, 6.45) is 1.69. The first-order chi connectivity index (χ1) is 8.76. The zero-order valence-corrected chi connectivity index (χ0v) is 10.9. The second-order valence-corrected chi connectivity index (χ2v) is 5.20. The first-order valence-corrected chi connectivity index (χ1v) is 6.90. The van der Waals surface area contributed by atoms with Gasteiger partial charge in [-0.2, -0.15) is 21.6 Å². The van der Waals surface area contributed by atoms with Crippen molar-refractivity contribution in [2.75, 3.05) is 6.61 Å². The van der Waals surface area contributed by atoms with Crippen molar-refractivity contribution in [2.24, 2.45) is 0 Å². The highest BCUT2D eigenvalue weighted by Crippen LogP contribution is 2.28. The van der Waals surface area contributed by atoms with E-state index >= 15 is 0 Å². The van der Waals surface area contributed by atoms with Gasteiger partial charge in [0.25, 0.3) is 0 Å². The summed E-state index contributed by atoms with van der Waals surface area (Å²) >= 11 is 0. The van der Waals surface area contributed by atoms with Gasteiger partial charge in [-0.05, 0) is 18.6 Å². The van der Waals surface area contributed by atoms with Crippen molar-refractivity contribution in [1.29, 1.82) is 0 Å². The lowest BCUT2D eigenvalue weighted by Gasteiger charge is -2.10. The zero-order valence-electron chi connectivity index (χ0n) is 10.1. The Morgan fingerprint density at radius 3 is 2.42 bits per heavy atom. The van der Waals surface area contributed by atoms with Gasteiger partial charge < -0.3 is 8.92 Å². The minimum Gasteiger partial charge on any atom is -0.493 e. The van der Waals surface area contributed by atoms with E-state index in [4.69, 9.17) is 4.74 Å². The summed E-state index contributed by atoms with van der Waals surface area (Å²) in [5.74, 6) is -0.186. The Balaban J connectivity index is 2.78. The predicted octanol–water partition coefficient (Wildman–Crippen LogP) is 3.09. The van der Waals surface area contributed by atoms with Crippen LogP contribution in [0.4, 0.5) is 13.2 Å². The van der Waals surface area contributed by atoms with Gasteiger partial charge in [-0.25, -0.2) is 0 Å². The summed E-state index contributed by atoms with van der Waals surface area (Å²) < 4.78 is 67.2. The number of alkyl halides is 3. The van der Waals surface area contributed by atoms with Crippen LogP contribution in [0.25, 0.3) is 0 Å². The third kappa shape index (κ3) is 4.62. The third-order valence-corrected chi connectivity index (χ3v) is 3.04. The fourth-order valence-corrected chi connectivity index (χ4v) is 1.58. The zero-order chi connectivity index (χ0) is 14.5. The normalized spacial score (nSPS) is 12.2. The van der Waals surface area contributed by atoms with Crippen LogP contribution in [-0.2, 0) is 10.1 Å². The molecular formula is C11H13F3O4S. The molecule has 0 aliphatic rings. The van der Waals surface area contributed by atoms with Crippen LogP contribution in [0.3, 0.4) is 0 Å². The smallest absolute Gasteiger partial charge is 0.493 e. The van der Waals surface area contributed by atoms with Crippen molar-refractivity contribution in [1.82, 2.24) is 0 Å². The molecule has 0 amide bonds. The monoisotopic (exact) mass is 298 g/mol. The topological polar surface area (TPSA) is 52.6 Å². The van der Waals surface area contributed by atoms with E-state index in [2.05, 4.69) is 4.18 Å². The number of halogens is 3. The summed E-state index contributed by atoms with van der Waals surface area (Å²) in [5, 5.41) is 0. The van der Waals surface area contributed by atoms with Crippen LogP contribution in [0.15, 0.2) is 24.3 Å². The number of ether oxygens (including phenoxy) is 1. The molecule has 0 aliphatic heterocycles. The highest BCUT2D eigenvalue weighted by molar-refractivity contribution is 7.87. The average molecular weight is 298 g/mol. The van der Waals surface area contributed by atoms with Crippen molar-refractivity contribution in [2.45, 2.75) is 25.3 Å². The summed E-state index contributed by atoms with van der Waals surface area (Å²) in [6.45, 7) is 2.35. The van der Waals surface area contributed by atoms with Gasteiger partial charge in [0.2, 0.25) is 0 Å². The molecular weight excluding hydrogens is 285 g/mol. The van der Waals surface area contributed by atoms with E-state index in [1.165, 1.54) is 12.1 Å². The number of unbranched alkanes of at least 4 members (excludes halogenated alkanes) is 1. The Kier molecular flexibility index (Phi) is 5.04. The maximum atomic E-state index is 12.1. The van der Waals surface area contributed by atoms with Crippen LogP contribution in [0.2, 0.25) is 0 Å². The molecule has 0 bridgehead atoms. The first kappa shape index (κ1) is 15.6. The molecule has 0 N–H and O–H groups in total. The van der Waals surface area contributed by atoms with Crippen molar-refractivity contribution < 1.29 is 30.5 Å². The maximum absolute atomic E-state index is 12.1. The van der Waals surface area contributed by atoms with Crippen LogP contribution >= 0.6 is 0 Å². The molecule has 0 saturated heterocycles. The van der Waals surface area contributed by atoms with Crippen LogP contribution in [0.1, 0.15) is 19.8 Å². The quantitative estimate of drug-likeness (QED) is 0.460. The molecule has 0 spiro atoms. The Hall–Kier alpha value is -1.44. The third-order valence-electron chi connectivity index (χ3n) is 2.06. The van der Waals surface area contributed by atoms with Gasteiger partial charge in [0.05, 0.1) is 6.61 Å². The Morgan fingerprint density at radius 1 is 1.21 bits per heavy atom. The van der Waals surface area contributed by atoms with Gasteiger partial charge in [-0.15, -0.1) is 0 Å². The lowest BCUT2D eigenvalue weighted by molar-refractivity contribution is -0.0500. The summed E-state index contributed by atoms with van der Waals surface area (Å²) in [4.78, 5) is 0. The van der Waals surface area contributed by atoms with E-state index < -0.39 is 21.4 Å². The SMILES string of the molecule is CCCCOc1cccc(OS(=O)(=O)C(F)(F)F)c1. The van der Waals surface area contributed by atoms with Crippen molar-refractivity contribution in [3.05, 3.63) is 24.3 Å². The van der Waals surface area contributed by atoms with E-state index in [0.717, 1.165) is 25.0 Å². The Labute approximate surface area is 109 Å². The van der Waals surface area contributed by atoms with E-state index in [9.17, 15) is 21.6 Å². The van der Waals surface area contributed by atoms with E-state index in [1.807, 2.05) is 6.92 Å². The molecule has 0 saturated carbocycles. The Bertz CT molecular complexity index is 511. The number of hydrogen-bond acceptors (Lipinski definition) is 4. The minimum atomic E-state index is -5.65. The molecule has 0 fully saturated rings. The molecule has 0 atom stereocenters. The van der Waals surface area contributed by atoms with Gasteiger partial charge in [-0.3, -0.25) is 0 Å². The fourth-order valence-electron chi connectivity index (χ4n) is 1.12. The number of hydrogen-bond donors (Lipinski definition) is 0. The molecule has 8 heteroatoms. The second kappa shape index (κ2) is 6.14. The molecule has 0 unspecified atom stereocenters. The molecule has 108 valence electrons. The van der Waals surface area contributed by atoms with E-state index in [0.29, 0.717) is 6.61 Å². The molecule has 1 rings (SSSR count). The number of benzene rings is 1. The molecule has 0 heterocycles. The second-order valence-electron chi connectivity index (χ2n) is 3.66. The van der Waals surface area contributed by atoms with Crippen molar-refractivity contribution in [3.63, 3.8) is 0 Å². The molecule has 0 aliphatic carbocycles. The lowest BCUT2D eigenvalue weighted by atomic mass is 10.3. The van der Waals surface area contributed by atoms with Crippen molar-refractivity contribution >= 4 is 10.1 Å². The number of rotatable bonds is 6. The van der Waals surface area contributed by atoms with Gasteiger partial charge in [0.15, 0.2) is 0 Å². The van der Waals surface area contributed by atoms with Gasteiger partial charge >= 0.3 is 15.6 Å². The van der Waals surface area contributed by atoms with Crippen LogP contribution < -0.4 is 8.92 Å². The van der Waals surface area contributed by atoms with Gasteiger partial charge in [0, 0.05) is 6.07 Å². The van der Waals surface area contributed by atoms with Crippen LogP contribution in [-0.4, -0.2) is 20.5 Å². The summed E-state index contributed by atoms with van der Waals surface area (Å²) in [7, 11) is -5.65. The molecule has 4 nitrogen and oxygen atoms in total. The van der Waals surface area contributed by atoms with Crippen LogP contribution in [0.5, 0.6) is 11.5 Å². The molecule has 1 aromatic carbocycles. The first-order valence-electron chi connectivity index (χ1n) is 5.50. The predicted molar refractivity (Wildman–Crippen MR) is 62.4 cm³/mol. The molecule has 0 radical (unpaired) electrons. The minimum absolute atomic E-state index is 0.253. The largest absolute Gasteiger partial charge is 0.534 e. The summed E-state index contributed by atoms with van der Waals surface area (Å²) in [6, 6.07) is 5.06. The Morgan fingerprint density at radius 2 is 1.84 bits per heavy atom. The van der Waals surface area contributed by atoms with Gasteiger partial charge in [0.1, 0.15) is 11.5 Å². The average Bonchev–Trinajstić information content (AvgIpc) is 2.27. The lowest BCUT2D eigenvalue weighted by Crippen LogP contribution is -2.28. The fraction of sp³-hybridized carbons (Fsp3) is 0.455. The van der Waals surface area contributed by atoms with Crippen LogP contribution in [0, 0.1) is 0 Å².